The van der Waals surface area contributed by atoms with Gasteiger partial charge < -0.3 is 24.4 Å². The molecule has 2 aromatic carbocycles. The third-order valence-corrected chi connectivity index (χ3v) is 9.28. The fourth-order valence-corrected chi connectivity index (χ4v) is 6.58. The number of sulfonamides is 1. The number of halogens is 1. The van der Waals surface area contributed by atoms with Gasteiger partial charge in [0.25, 0.3) is 11.7 Å². The van der Waals surface area contributed by atoms with Gasteiger partial charge >= 0.3 is 0 Å². The first-order chi connectivity index (χ1) is 18.8. The Balaban J connectivity index is 1.47. The zero-order valence-electron chi connectivity index (χ0n) is 21.3. The van der Waals surface area contributed by atoms with Crippen LogP contribution in [-0.4, -0.2) is 100 Å². The molecule has 12 heteroatoms. The molecule has 2 N–H and O–H groups in total. The van der Waals surface area contributed by atoms with Crippen molar-refractivity contribution >= 4 is 27.5 Å². The summed E-state index contributed by atoms with van der Waals surface area (Å²) in [7, 11) is -3.75. The van der Waals surface area contributed by atoms with E-state index in [0.717, 1.165) is 13.1 Å². The number of ketones is 1. The minimum Gasteiger partial charge on any atom is -0.507 e. The molecular formula is C27H31FN3O7S+. The van der Waals surface area contributed by atoms with Crippen LogP contribution in [-0.2, 0) is 29.1 Å². The van der Waals surface area contributed by atoms with Crippen molar-refractivity contribution in [3.8, 4) is 0 Å². The fourth-order valence-electron chi connectivity index (χ4n) is 5.17. The third-order valence-electron chi connectivity index (χ3n) is 7.37. The molecule has 208 valence electrons. The van der Waals surface area contributed by atoms with Crippen LogP contribution >= 0.6 is 0 Å². The van der Waals surface area contributed by atoms with Crippen LogP contribution in [0.5, 0.6) is 0 Å². The van der Waals surface area contributed by atoms with Crippen molar-refractivity contribution in [1.82, 2.24) is 9.21 Å². The molecule has 2 aromatic rings. The van der Waals surface area contributed by atoms with Crippen molar-refractivity contribution in [3.63, 3.8) is 0 Å². The lowest BCUT2D eigenvalue weighted by atomic mass is 9.95. The number of likely N-dealkylation sites (tertiary alicyclic amines) is 1. The van der Waals surface area contributed by atoms with E-state index in [0.29, 0.717) is 38.5 Å². The Bertz CT molecular complexity index is 1350. The van der Waals surface area contributed by atoms with Crippen molar-refractivity contribution < 1.29 is 41.9 Å². The standard InChI is InChI=1S/C27H30FN3O7S/c28-21-5-1-19(2-6-21)24-23(26(33)27(34)31(24)10-9-29-11-15-37-16-12-29)25(32)20-3-7-22(8-4-20)39(35,36)30-13-17-38-18-14-30/h1-8,24,32H,9-18H2/p+1/t24-/m0/s1. The van der Waals surface area contributed by atoms with Crippen LogP contribution in [0, 0.1) is 5.82 Å². The number of ether oxygens (including phenoxy) is 2. The number of nitrogens with zero attached hydrogens (tertiary/aromatic N) is 2. The summed E-state index contributed by atoms with van der Waals surface area (Å²) in [6.45, 7) is 4.77. The second kappa shape index (κ2) is 11.5. The van der Waals surface area contributed by atoms with Gasteiger partial charge in [0, 0.05) is 18.7 Å². The van der Waals surface area contributed by atoms with Crippen molar-refractivity contribution in [2.75, 3.05) is 65.7 Å². The maximum absolute atomic E-state index is 13.7. The number of morpholine rings is 2. The number of aliphatic hydroxyl groups excluding tert-OH is 1. The first-order valence-electron chi connectivity index (χ1n) is 12.9. The highest BCUT2D eigenvalue weighted by atomic mass is 32.2. The molecule has 10 nitrogen and oxygen atoms in total. The largest absolute Gasteiger partial charge is 0.507 e. The Morgan fingerprint density at radius 3 is 2.21 bits per heavy atom. The van der Waals surface area contributed by atoms with Gasteiger partial charge in [-0.1, -0.05) is 12.1 Å². The summed E-state index contributed by atoms with van der Waals surface area (Å²) in [5, 5.41) is 11.3. The number of amides is 1. The molecule has 3 saturated heterocycles. The van der Waals surface area contributed by atoms with Gasteiger partial charge in [-0.25, -0.2) is 12.8 Å². The first kappa shape index (κ1) is 27.4. The summed E-state index contributed by atoms with van der Waals surface area (Å²) in [4.78, 5) is 29.1. The number of quaternary nitrogens is 1. The molecule has 0 aromatic heterocycles. The van der Waals surface area contributed by atoms with Crippen LogP contribution in [0.4, 0.5) is 4.39 Å². The summed E-state index contributed by atoms with van der Waals surface area (Å²) >= 11 is 0. The molecule has 5 rings (SSSR count). The van der Waals surface area contributed by atoms with E-state index in [2.05, 4.69) is 0 Å². The van der Waals surface area contributed by atoms with Gasteiger partial charge in [-0.3, -0.25) is 9.59 Å². The van der Waals surface area contributed by atoms with Gasteiger partial charge in [0.15, 0.2) is 0 Å². The van der Waals surface area contributed by atoms with Crippen LogP contribution in [0.25, 0.3) is 5.76 Å². The molecule has 3 heterocycles. The van der Waals surface area contributed by atoms with E-state index in [4.69, 9.17) is 9.47 Å². The van der Waals surface area contributed by atoms with E-state index < -0.39 is 39.3 Å². The number of nitrogens with one attached hydrogen (secondary N) is 1. The van der Waals surface area contributed by atoms with E-state index in [9.17, 15) is 27.5 Å². The molecule has 0 saturated carbocycles. The maximum atomic E-state index is 13.7. The highest BCUT2D eigenvalue weighted by Gasteiger charge is 2.46. The van der Waals surface area contributed by atoms with Crippen molar-refractivity contribution in [3.05, 3.63) is 71.0 Å². The molecule has 1 atom stereocenters. The van der Waals surface area contributed by atoms with Crippen LogP contribution in [0.3, 0.4) is 0 Å². The lowest BCUT2D eigenvalue weighted by Gasteiger charge is -2.29. The average molecular weight is 561 g/mol. The molecule has 3 fully saturated rings. The highest BCUT2D eigenvalue weighted by Crippen LogP contribution is 2.39. The predicted molar refractivity (Wildman–Crippen MR) is 138 cm³/mol. The van der Waals surface area contributed by atoms with Crippen molar-refractivity contribution in [2.45, 2.75) is 10.9 Å². The molecule has 0 spiro atoms. The molecule has 3 aliphatic rings. The number of benzene rings is 2. The number of aliphatic hydroxyl groups is 1. The van der Waals surface area contributed by atoms with Gasteiger partial charge in [-0.15, -0.1) is 0 Å². The molecule has 0 bridgehead atoms. The zero-order valence-corrected chi connectivity index (χ0v) is 22.2. The van der Waals surface area contributed by atoms with E-state index in [1.807, 2.05) is 0 Å². The second-order valence-electron chi connectivity index (χ2n) is 9.70. The van der Waals surface area contributed by atoms with Gasteiger partial charge in [0.05, 0.1) is 56.0 Å². The Morgan fingerprint density at radius 2 is 1.56 bits per heavy atom. The normalized spacial score (nSPS) is 22.9. The second-order valence-corrected chi connectivity index (χ2v) is 11.6. The molecule has 3 aliphatic heterocycles. The van der Waals surface area contributed by atoms with Crippen LogP contribution < -0.4 is 4.90 Å². The van der Waals surface area contributed by atoms with Gasteiger partial charge in [-0.05, 0) is 42.0 Å². The van der Waals surface area contributed by atoms with E-state index in [1.54, 1.807) is 0 Å². The number of carbonyl (C=O) groups excluding carboxylic acids is 2. The SMILES string of the molecule is O=C1C(=O)N(CC[NH+]2CCOCC2)[C@@H](c2ccc(F)cc2)C1=C(O)c1ccc(S(=O)(=O)N2CCOCC2)cc1. The Kier molecular flexibility index (Phi) is 8.10. The average Bonchev–Trinajstić information content (AvgIpc) is 3.22. The minimum absolute atomic E-state index is 0.0463. The summed E-state index contributed by atoms with van der Waals surface area (Å²) in [6, 6.07) is 10.1. The first-order valence-corrected chi connectivity index (χ1v) is 14.3. The maximum Gasteiger partial charge on any atom is 0.295 e. The van der Waals surface area contributed by atoms with Crippen LogP contribution in [0.2, 0.25) is 0 Å². The molecule has 39 heavy (non-hydrogen) atoms. The lowest BCUT2D eigenvalue weighted by molar-refractivity contribution is -0.907. The highest BCUT2D eigenvalue weighted by molar-refractivity contribution is 7.89. The molecule has 1 amide bonds. The predicted octanol–water partition coefficient (Wildman–Crippen LogP) is 0.183. The lowest BCUT2D eigenvalue weighted by Crippen LogP contribution is -3.14. The number of rotatable bonds is 7. The summed E-state index contributed by atoms with van der Waals surface area (Å²) in [5.41, 5.74) is 0.563. The summed E-state index contributed by atoms with van der Waals surface area (Å²) in [5.74, 6) is -2.47. The molecule has 0 unspecified atom stereocenters. The molecule has 0 aliphatic carbocycles. The van der Waals surface area contributed by atoms with Gasteiger partial charge in [0.2, 0.25) is 10.0 Å². The van der Waals surface area contributed by atoms with E-state index >= 15 is 0 Å². The number of hydrogen-bond donors (Lipinski definition) is 2. The van der Waals surface area contributed by atoms with Crippen LogP contribution in [0.15, 0.2) is 59.0 Å². The van der Waals surface area contributed by atoms with Gasteiger partial charge in [-0.2, -0.15) is 4.31 Å². The zero-order chi connectivity index (χ0) is 27.6. The Morgan fingerprint density at radius 1 is 0.949 bits per heavy atom. The quantitative estimate of drug-likeness (QED) is 0.282. The van der Waals surface area contributed by atoms with Crippen LogP contribution in [0.1, 0.15) is 17.2 Å². The fraction of sp³-hybridized carbons (Fsp3) is 0.407. The Labute approximate surface area is 226 Å². The molecular weight excluding hydrogens is 529 g/mol. The number of Topliss-reactive ketones (excluding diaryl/α,β-unsaturated/α-hetero) is 1. The number of carbonyl (C=O) groups is 2. The van der Waals surface area contributed by atoms with Crippen molar-refractivity contribution in [1.29, 1.82) is 0 Å². The third kappa shape index (κ3) is 5.61. The monoisotopic (exact) mass is 560 g/mol. The van der Waals surface area contributed by atoms with E-state index in [-0.39, 0.29) is 35.7 Å². The molecule has 0 radical (unpaired) electrons. The smallest absolute Gasteiger partial charge is 0.295 e. The number of hydrogen-bond acceptors (Lipinski definition) is 7. The van der Waals surface area contributed by atoms with E-state index in [1.165, 1.54) is 62.6 Å². The van der Waals surface area contributed by atoms with Crippen molar-refractivity contribution in [2.24, 2.45) is 0 Å². The summed E-state index contributed by atoms with van der Waals surface area (Å²) in [6.07, 6.45) is 0. The summed E-state index contributed by atoms with van der Waals surface area (Å²) < 4.78 is 51.6. The topological polar surface area (TPSA) is 118 Å². The minimum atomic E-state index is -3.75. The van der Waals surface area contributed by atoms with Gasteiger partial charge in [0.1, 0.15) is 24.7 Å². The Hall–Kier alpha value is -3.16.